The Hall–Kier alpha value is -4.22. The number of aliphatic carboxylic acids is 1. The summed E-state index contributed by atoms with van der Waals surface area (Å²) in [5.74, 6) is -3.36. The van der Waals surface area contributed by atoms with Crippen LogP contribution < -0.4 is 5.73 Å². The number of carboxylic acids is 1. The molecule has 2 atom stereocenters. The van der Waals surface area contributed by atoms with Crippen molar-refractivity contribution in [2.24, 2.45) is 5.73 Å². The smallest absolute Gasteiger partial charge is 0.329 e. The monoisotopic (exact) mass is 463 g/mol. The Bertz CT molecular complexity index is 1320. The van der Waals surface area contributed by atoms with E-state index in [9.17, 15) is 14.7 Å². The van der Waals surface area contributed by atoms with E-state index >= 15 is 0 Å². The molecule has 35 heavy (non-hydrogen) atoms. The van der Waals surface area contributed by atoms with E-state index in [1.807, 2.05) is 36.4 Å². The number of esters is 1. The lowest BCUT2D eigenvalue weighted by Crippen LogP contribution is -2.53. The Morgan fingerprint density at radius 3 is 1.80 bits per heavy atom. The van der Waals surface area contributed by atoms with Crippen LogP contribution in [0.4, 0.5) is 0 Å². The molecule has 3 N–H and O–H groups in total. The SMILES string of the molecule is NC(C(=O)O)(c1ccccc1)C(C(=O)OCC1c2ccccc2-c2ccccc21)c1ccccc1. The highest BCUT2D eigenvalue weighted by molar-refractivity contribution is 5.92. The van der Waals surface area contributed by atoms with Crippen LogP contribution in [0.2, 0.25) is 0 Å². The van der Waals surface area contributed by atoms with Gasteiger partial charge in [-0.25, -0.2) is 4.79 Å². The molecule has 4 aromatic rings. The number of ether oxygens (including phenoxy) is 1. The zero-order valence-corrected chi connectivity index (χ0v) is 19.0. The first-order valence-corrected chi connectivity index (χ1v) is 11.5. The number of hydrogen-bond acceptors (Lipinski definition) is 4. The molecule has 0 heterocycles. The average molecular weight is 464 g/mol. The van der Waals surface area contributed by atoms with E-state index in [2.05, 4.69) is 12.1 Å². The number of rotatable bonds is 7. The number of benzene rings is 4. The van der Waals surface area contributed by atoms with E-state index in [4.69, 9.17) is 10.5 Å². The van der Waals surface area contributed by atoms with Gasteiger partial charge in [0, 0.05) is 5.92 Å². The second-order valence-corrected chi connectivity index (χ2v) is 8.74. The summed E-state index contributed by atoms with van der Waals surface area (Å²) < 4.78 is 5.89. The van der Waals surface area contributed by atoms with Crippen LogP contribution in [-0.2, 0) is 19.9 Å². The fourth-order valence-corrected chi connectivity index (χ4v) is 5.05. The first-order chi connectivity index (χ1) is 17.0. The van der Waals surface area contributed by atoms with Crippen LogP contribution in [0, 0.1) is 0 Å². The maximum Gasteiger partial charge on any atom is 0.329 e. The van der Waals surface area contributed by atoms with Gasteiger partial charge in [0.15, 0.2) is 5.54 Å². The number of carbonyl (C=O) groups excluding carboxylic acids is 1. The van der Waals surface area contributed by atoms with Crippen LogP contribution in [0.3, 0.4) is 0 Å². The first-order valence-electron chi connectivity index (χ1n) is 11.5. The van der Waals surface area contributed by atoms with Crippen molar-refractivity contribution in [2.45, 2.75) is 17.4 Å². The summed E-state index contributed by atoms with van der Waals surface area (Å²) in [7, 11) is 0. The Balaban J connectivity index is 1.51. The molecule has 174 valence electrons. The minimum absolute atomic E-state index is 0.0840. The summed E-state index contributed by atoms with van der Waals surface area (Å²) in [5, 5.41) is 10.3. The molecular weight excluding hydrogens is 438 g/mol. The Morgan fingerprint density at radius 1 is 0.771 bits per heavy atom. The summed E-state index contributed by atoms with van der Waals surface area (Å²) in [6.07, 6.45) is 0. The van der Waals surface area contributed by atoms with Crippen molar-refractivity contribution in [1.82, 2.24) is 0 Å². The molecule has 0 saturated heterocycles. The van der Waals surface area contributed by atoms with Crippen molar-refractivity contribution in [3.8, 4) is 11.1 Å². The molecule has 1 aliphatic carbocycles. The molecule has 1 aliphatic rings. The zero-order chi connectivity index (χ0) is 24.4. The van der Waals surface area contributed by atoms with Crippen LogP contribution in [0.5, 0.6) is 0 Å². The van der Waals surface area contributed by atoms with E-state index in [-0.39, 0.29) is 12.5 Å². The molecule has 0 fully saturated rings. The minimum Gasteiger partial charge on any atom is -0.480 e. The number of carboxylic acid groups (broad SMARTS) is 1. The van der Waals surface area contributed by atoms with Crippen molar-refractivity contribution in [2.75, 3.05) is 6.61 Å². The van der Waals surface area contributed by atoms with Gasteiger partial charge in [0.05, 0.1) is 0 Å². The summed E-state index contributed by atoms with van der Waals surface area (Å²) in [6.45, 7) is 0.0840. The van der Waals surface area contributed by atoms with Gasteiger partial charge in [-0.1, -0.05) is 109 Å². The average Bonchev–Trinajstić information content (AvgIpc) is 3.22. The number of hydrogen-bond donors (Lipinski definition) is 2. The van der Waals surface area contributed by atoms with Crippen molar-refractivity contribution >= 4 is 11.9 Å². The lowest BCUT2D eigenvalue weighted by atomic mass is 9.75. The third kappa shape index (κ3) is 3.90. The Morgan fingerprint density at radius 2 is 1.26 bits per heavy atom. The first kappa shape index (κ1) is 22.6. The lowest BCUT2D eigenvalue weighted by molar-refractivity contribution is -0.156. The molecule has 4 aromatic carbocycles. The molecular formula is C30H25NO4. The molecule has 2 unspecified atom stereocenters. The van der Waals surface area contributed by atoms with Crippen molar-refractivity contribution in [1.29, 1.82) is 0 Å². The molecule has 0 aromatic heterocycles. The highest BCUT2D eigenvalue weighted by atomic mass is 16.5. The van der Waals surface area contributed by atoms with Crippen molar-refractivity contribution in [3.63, 3.8) is 0 Å². The normalized spacial score (nSPS) is 14.9. The van der Waals surface area contributed by atoms with Crippen molar-refractivity contribution < 1.29 is 19.4 Å². The van der Waals surface area contributed by atoms with Gasteiger partial charge in [0.1, 0.15) is 12.5 Å². The van der Waals surface area contributed by atoms with Gasteiger partial charge in [0.2, 0.25) is 0 Å². The van der Waals surface area contributed by atoms with Gasteiger partial charge in [-0.05, 0) is 33.4 Å². The largest absolute Gasteiger partial charge is 0.480 e. The fourth-order valence-electron chi connectivity index (χ4n) is 5.05. The summed E-state index contributed by atoms with van der Waals surface area (Å²) in [5.41, 5.74) is 9.78. The van der Waals surface area contributed by atoms with Crippen LogP contribution in [0.25, 0.3) is 11.1 Å². The molecule has 5 heteroatoms. The van der Waals surface area contributed by atoms with Gasteiger partial charge in [-0.15, -0.1) is 0 Å². The lowest BCUT2D eigenvalue weighted by Gasteiger charge is -2.33. The van der Waals surface area contributed by atoms with Gasteiger partial charge < -0.3 is 15.6 Å². The molecule has 0 spiro atoms. The molecule has 0 bridgehead atoms. The van der Waals surface area contributed by atoms with Crippen LogP contribution in [0.1, 0.15) is 34.1 Å². The van der Waals surface area contributed by atoms with E-state index in [0.29, 0.717) is 11.1 Å². The van der Waals surface area contributed by atoms with Crippen LogP contribution >= 0.6 is 0 Å². The summed E-state index contributed by atoms with van der Waals surface area (Å²) >= 11 is 0. The fraction of sp³-hybridized carbons (Fsp3) is 0.133. The van der Waals surface area contributed by atoms with Crippen molar-refractivity contribution in [3.05, 3.63) is 131 Å². The maximum absolute atomic E-state index is 13.7. The summed E-state index contributed by atoms with van der Waals surface area (Å²) in [4.78, 5) is 26.3. The van der Waals surface area contributed by atoms with Crippen LogP contribution in [-0.4, -0.2) is 23.7 Å². The third-order valence-electron chi connectivity index (χ3n) is 6.78. The number of carbonyl (C=O) groups is 2. The van der Waals surface area contributed by atoms with E-state index < -0.39 is 23.4 Å². The maximum atomic E-state index is 13.7. The molecule has 0 aliphatic heterocycles. The number of nitrogens with two attached hydrogens (primary N) is 1. The highest BCUT2D eigenvalue weighted by Crippen LogP contribution is 2.45. The minimum atomic E-state index is -2.01. The molecule has 5 rings (SSSR count). The topological polar surface area (TPSA) is 89.6 Å². The second-order valence-electron chi connectivity index (χ2n) is 8.74. The van der Waals surface area contributed by atoms with Gasteiger partial charge in [0.25, 0.3) is 0 Å². The quantitative estimate of drug-likeness (QED) is 0.374. The zero-order valence-electron chi connectivity index (χ0n) is 19.0. The van der Waals surface area contributed by atoms with Gasteiger partial charge in [-0.2, -0.15) is 0 Å². The molecule has 0 amide bonds. The summed E-state index contributed by atoms with van der Waals surface area (Å²) in [6, 6.07) is 33.3. The third-order valence-corrected chi connectivity index (χ3v) is 6.78. The Labute approximate surface area is 203 Å². The van der Waals surface area contributed by atoms with E-state index in [1.165, 1.54) is 0 Å². The second kappa shape index (κ2) is 9.20. The predicted octanol–water partition coefficient (Wildman–Crippen LogP) is 5.06. The molecule has 0 radical (unpaired) electrons. The standard InChI is InChI=1S/C30H25NO4/c31-30(29(33)34,21-13-5-2-6-14-21)27(20-11-3-1-4-12-20)28(32)35-19-26-24-17-9-7-15-22(24)23-16-8-10-18-25(23)26/h1-18,26-27H,19,31H2,(H,33,34). The van der Waals surface area contributed by atoms with Gasteiger partial charge >= 0.3 is 11.9 Å². The highest BCUT2D eigenvalue weighted by Gasteiger charge is 2.50. The van der Waals surface area contributed by atoms with Gasteiger partial charge in [-0.3, -0.25) is 4.79 Å². The Kier molecular flexibility index (Phi) is 5.93. The van der Waals surface area contributed by atoms with Crippen LogP contribution in [0.15, 0.2) is 109 Å². The van der Waals surface area contributed by atoms with E-state index in [0.717, 1.165) is 22.3 Å². The number of fused-ring (bicyclic) bond motifs is 3. The molecule has 0 saturated carbocycles. The van der Waals surface area contributed by atoms with E-state index in [1.54, 1.807) is 60.7 Å². The predicted molar refractivity (Wildman–Crippen MR) is 134 cm³/mol. The molecule has 5 nitrogen and oxygen atoms in total.